The van der Waals surface area contributed by atoms with Gasteiger partial charge in [-0.2, -0.15) is 5.10 Å². The molecule has 6 nitrogen and oxygen atoms in total. The molecular formula is C12H16N4O2S. The van der Waals surface area contributed by atoms with Crippen LogP contribution in [0.25, 0.3) is 0 Å². The van der Waals surface area contributed by atoms with E-state index in [-0.39, 0.29) is 11.8 Å². The summed E-state index contributed by atoms with van der Waals surface area (Å²) in [6.45, 7) is 4.34. The fourth-order valence-corrected chi connectivity index (χ4v) is 2.47. The van der Waals surface area contributed by atoms with Gasteiger partial charge in [0, 0.05) is 11.9 Å². The van der Waals surface area contributed by atoms with E-state index in [0.29, 0.717) is 23.7 Å². The van der Waals surface area contributed by atoms with Crippen molar-refractivity contribution in [1.82, 2.24) is 14.8 Å². The maximum atomic E-state index is 12.5. The minimum Gasteiger partial charge on any atom is -0.493 e. The molecule has 2 rings (SSSR count). The van der Waals surface area contributed by atoms with E-state index in [4.69, 9.17) is 10.5 Å². The van der Waals surface area contributed by atoms with Gasteiger partial charge in [0.15, 0.2) is 11.4 Å². The molecule has 2 N–H and O–H groups in total. The molecule has 1 unspecified atom stereocenters. The van der Waals surface area contributed by atoms with Gasteiger partial charge in [0.1, 0.15) is 10.7 Å². The van der Waals surface area contributed by atoms with E-state index in [2.05, 4.69) is 10.1 Å². The van der Waals surface area contributed by atoms with Crippen LogP contribution in [-0.4, -0.2) is 27.7 Å². The number of nitrogens with two attached hydrogens (primary N) is 1. The highest BCUT2D eigenvalue weighted by Crippen LogP contribution is 2.23. The Morgan fingerprint density at radius 2 is 2.37 bits per heavy atom. The molecule has 102 valence electrons. The Morgan fingerprint density at radius 1 is 1.63 bits per heavy atom. The first-order valence-electron chi connectivity index (χ1n) is 5.94. The zero-order chi connectivity index (χ0) is 14.0. The third-order valence-corrected chi connectivity index (χ3v) is 3.73. The number of aromatic nitrogens is 3. The Kier molecular flexibility index (Phi) is 3.96. The van der Waals surface area contributed by atoms with Crippen molar-refractivity contribution in [1.29, 1.82) is 0 Å². The van der Waals surface area contributed by atoms with Crippen molar-refractivity contribution in [3.05, 3.63) is 28.0 Å². The molecule has 19 heavy (non-hydrogen) atoms. The van der Waals surface area contributed by atoms with Crippen LogP contribution in [0, 0.1) is 0 Å². The Hall–Kier alpha value is -1.73. The van der Waals surface area contributed by atoms with Crippen molar-refractivity contribution in [3.63, 3.8) is 0 Å². The van der Waals surface area contributed by atoms with Gasteiger partial charge < -0.3 is 10.5 Å². The second-order valence-corrected chi connectivity index (χ2v) is 4.96. The predicted molar refractivity (Wildman–Crippen MR) is 72.6 cm³/mol. The molecule has 0 aliphatic carbocycles. The van der Waals surface area contributed by atoms with Crippen molar-refractivity contribution in [3.8, 4) is 5.75 Å². The van der Waals surface area contributed by atoms with Crippen LogP contribution in [0.1, 0.15) is 41.1 Å². The quantitative estimate of drug-likeness (QED) is 0.841. The lowest BCUT2D eigenvalue weighted by Gasteiger charge is -2.04. The van der Waals surface area contributed by atoms with Gasteiger partial charge in [0.05, 0.1) is 19.3 Å². The Labute approximate surface area is 115 Å². The van der Waals surface area contributed by atoms with Gasteiger partial charge in [0.25, 0.3) is 0 Å². The highest BCUT2D eigenvalue weighted by atomic mass is 32.1. The van der Waals surface area contributed by atoms with Crippen LogP contribution in [-0.2, 0) is 6.54 Å². The van der Waals surface area contributed by atoms with Crippen LogP contribution < -0.4 is 10.5 Å². The summed E-state index contributed by atoms with van der Waals surface area (Å²) in [5.74, 6) is 0.265. The lowest BCUT2D eigenvalue weighted by Crippen LogP contribution is -2.13. The molecule has 0 fully saturated rings. The minimum atomic E-state index is -0.195. The number of carbonyl (C=O) groups excluding carboxylic acids is 1. The third kappa shape index (κ3) is 2.52. The Bertz CT molecular complexity index is 567. The molecule has 2 heterocycles. The van der Waals surface area contributed by atoms with E-state index < -0.39 is 0 Å². The first-order chi connectivity index (χ1) is 9.08. The van der Waals surface area contributed by atoms with E-state index >= 15 is 0 Å². The third-order valence-electron chi connectivity index (χ3n) is 2.68. The number of ether oxygens (including phenoxy) is 1. The molecule has 0 radical (unpaired) electrons. The average molecular weight is 280 g/mol. The normalized spacial score (nSPS) is 12.4. The number of hydrogen-bond acceptors (Lipinski definition) is 6. The van der Waals surface area contributed by atoms with Crippen molar-refractivity contribution >= 4 is 17.1 Å². The van der Waals surface area contributed by atoms with Crippen molar-refractivity contribution in [2.45, 2.75) is 26.4 Å². The van der Waals surface area contributed by atoms with Crippen LogP contribution in [0.3, 0.4) is 0 Å². The summed E-state index contributed by atoms with van der Waals surface area (Å²) in [6, 6.07) is -0.176. The summed E-state index contributed by atoms with van der Waals surface area (Å²) >= 11 is 1.38. The second kappa shape index (κ2) is 5.50. The van der Waals surface area contributed by atoms with Gasteiger partial charge in [-0.15, -0.1) is 11.3 Å². The van der Waals surface area contributed by atoms with Crippen LogP contribution in [0.2, 0.25) is 0 Å². The van der Waals surface area contributed by atoms with Gasteiger partial charge in [-0.3, -0.25) is 9.48 Å². The van der Waals surface area contributed by atoms with Crippen LogP contribution >= 0.6 is 11.3 Å². The van der Waals surface area contributed by atoms with Crippen molar-refractivity contribution in [2.75, 3.05) is 7.11 Å². The van der Waals surface area contributed by atoms with Crippen molar-refractivity contribution < 1.29 is 9.53 Å². The van der Waals surface area contributed by atoms with E-state index in [1.54, 1.807) is 10.1 Å². The molecule has 0 bridgehead atoms. The smallest absolute Gasteiger partial charge is 0.234 e. The fourth-order valence-electron chi connectivity index (χ4n) is 1.71. The van der Waals surface area contributed by atoms with Crippen molar-refractivity contribution in [2.24, 2.45) is 5.73 Å². The van der Waals surface area contributed by atoms with Gasteiger partial charge in [-0.1, -0.05) is 0 Å². The molecule has 0 saturated heterocycles. The monoisotopic (exact) mass is 280 g/mol. The highest BCUT2D eigenvalue weighted by Gasteiger charge is 2.23. The molecule has 2 aromatic rings. The highest BCUT2D eigenvalue weighted by molar-refractivity contribution is 7.09. The maximum Gasteiger partial charge on any atom is 0.234 e. The number of nitrogens with zero attached hydrogens (tertiary/aromatic N) is 3. The summed E-state index contributed by atoms with van der Waals surface area (Å²) in [5, 5.41) is 6.57. The Balaban J connectivity index is 2.40. The first kappa shape index (κ1) is 13.7. The number of hydrogen-bond donors (Lipinski definition) is 1. The average Bonchev–Trinajstić information content (AvgIpc) is 3.04. The standard InChI is InChI=1S/C12H16N4O2S/c1-4-16-10(9(18-3)5-14-16)11(17)8-6-19-12(15-8)7(2)13/h5-7H,4,13H2,1-3H3. The molecule has 0 spiro atoms. The second-order valence-electron chi connectivity index (χ2n) is 4.07. The number of carbonyl (C=O) groups is 1. The number of methoxy groups -OCH3 is 1. The molecule has 0 aliphatic rings. The summed E-state index contributed by atoms with van der Waals surface area (Å²) < 4.78 is 6.77. The van der Waals surface area contributed by atoms with Gasteiger partial charge in [0.2, 0.25) is 5.78 Å². The molecule has 2 aromatic heterocycles. The number of thiazole rings is 1. The zero-order valence-electron chi connectivity index (χ0n) is 11.1. The lowest BCUT2D eigenvalue weighted by molar-refractivity contribution is 0.102. The van der Waals surface area contributed by atoms with Gasteiger partial charge >= 0.3 is 0 Å². The lowest BCUT2D eigenvalue weighted by atomic mass is 10.2. The topological polar surface area (TPSA) is 83.0 Å². The van der Waals surface area contributed by atoms with E-state index in [1.807, 2.05) is 13.8 Å². The molecule has 1 atom stereocenters. The predicted octanol–water partition coefficient (Wildman–Crippen LogP) is 1.62. The van der Waals surface area contributed by atoms with Crippen LogP contribution in [0.4, 0.5) is 0 Å². The van der Waals surface area contributed by atoms with E-state index in [9.17, 15) is 4.79 Å². The van der Waals surface area contributed by atoms with Gasteiger partial charge in [-0.25, -0.2) is 4.98 Å². The summed E-state index contributed by atoms with van der Waals surface area (Å²) in [7, 11) is 1.52. The van der Waals surface area contributed by atoms with Crippen LogP contribution in [0.15, 0.2) is 11.6 Å². The first-order valence-corrected chi connectivity index (χ1v) is 6.82. The Morgan fingerprint density at radius 3 is 2.89 bits per heavy atom. The summed E-state index contributed by atoms with van der Waals surface area (Å²) in [5.41, 5.74) is 6.56. The minimum absolute atomic E-state index is 0.176. The molecular weight excluding hydrogens is 264 g/mol. The van der Waals surface area contributed by atoms with E-state index in [1.165, 1.54) is 24.6 Å². The fraction of sp³-hybridized carbons (Fsp3) is 0.417. The number of aryl methyl sites for hydroxylation is 1. The number of ketones is 1. The van der Waals surface area contributed by atoms with Crippen LogP contribution in [0.5, 0.6) is 5.75 Å². The molecule has 0 aromatic carbocycles. The summed E-state index contributed by atoms with van der Waals surface area (Å²) in [4.78, 5) is 16.7. The molecule has 0 amide bonds. The molecule has 7 heteroatoms. The molecule has 0 saturated carbocycles. The SMILES string of the molecule is CCn1ncc(OC)c1C(=O)c1csc(C(C)N)n1. The maximum absolute atomic E-state index is 12.5. The summed E-state index contributed by atoms with van der Waals surface area (Å²) in [6.07, 6.45) is 1.54. The largest absolute Gasteiger partial charge is 0.493 e. The van der Waals surface area contributed by atoms with Gasteiger partial charge in [-0.05, 0) is 13.8 Å². The van der Waals surface area contributed by atoms with E-state index in [0.717, 1.165) is 5.01 Å². The zero-order valence-corrected chi connectivity index (χ0v) is 11.9. The number of rotatable bonds is 5. The molecule has 0 aliphatic heterocycles.